The maximum atomic E-state index is 8.74. The fraction of sp³-hybridized carbons (Fsp3) is 0.455. The summed E-state index contributed by atoms with van der Waals surface area (Å²) in [7, 11) is 0. The third kappa shape index (κ3) is 3.07. The molecule has 6 nitrogen and oxygen atoms in total. The highest BCUT2D eigenvalue weighted by molar-refractivity contribution is 5.56. The van der Waals surface area contributed by atoms with Crippen molar-refractivity contribution in [1.82, 2.24) is 19.7 Å². The molecule has 2 aromatic heterocycles. The second-order valence-corrected chi connectivity index (χ2v) is 3.31. The van der Waals surface area contributed by atoms with E-state index in [2.05, 4.69) is 15.1 Å². The molecule has 4 N–H and O–H groups in total. The summed E-state index contributed by atoms with van der Waals surface area (Å²) in [5.41, 5.74) is 7.35. The number of aromatic amines is 1. The standard InChI is InChI=1S/C9H13N5O.C2H6/c1-6-8(10)13-9(12-6)7-4-11-14(5-7)2-3-15;1-2/h4-5,15H,2-3,10H2,1H3,(H,12,13);1-2H3. The first-order valence-electron chi connectivity index (χ1n) is 5.66. The lowest BCUT2D eigenvalue weighted by atomic mass is 10.3. The fourth-order valence-electron chi connectivity index (χ4n) is 1.32. The van der Waals surface area contributed by atoms with Gasteiger partial charge in [0.2, 0.25) is 0 Å². The minimum absolute atomic E-state index is 0.0699. The van der Waals surface area contributed by atoms with E-state index in [1.54, 1.807) is 10.9 Å². The van der Waals surface area contributed by atoms with E-state index in [9.17, 15) is 0 Å². The van der Waals surface area contributed by atoms with E-state index in [0.29, 0.717) is 18.2 Å². The van der Waals surface area contributed by atoms with Crippen molar-refractivity contribution in [3.8, 4) is 11.4 Å². The topological polar surface area (TPSA) is 92.8 Å². The molecule has 6 heteroatoms. The molecule has 0 saturated carbocycles. The second kappa shape index (κ2) is 6.05. The Morgan fingerprint density at radius 2 is 2.18 bits per heavy atom. The number of hydrogen-bond acceptors (Lipinski definition) is 4. The molecular formula is C11H19N5O. The van der Waals surface area contributed by atoms with Gasteiger partial charge in [0, 0.05) is 6.20 Å². The van der Waals surface area contributed by atoms with Gasteiger partial charge in [-0.2, -0.15) is 5.10 Å². The van der Waals surface area contributed by atoms with Gasteiger partial charge in [-0.05, 0) is 6.92 Å². The highest BCUT2D eigenvalue weighted by Gasteiger charge is 2.07. The van der Waals surface area contributed by atoms with Gasteiger partial charge in [-0.1, -0.05) is 13.8 Å². The molecule has 17 heavy (non-hydrogen) atoms. The van der Waals surface area contributed by atoms with Crippen molar-refractivity contribution in [2.45, 2.75) is 27.3 Å². The maximum absolute atomic E-state index is 8.74. The summed E-state index contributed by atoms with van der Waals surface area (Å²) in [5.74, 6) is 1.20. The molecule has 0 spiro atoms. The van der Waals surface area contributed by atoms with Crippen LogP contribution in [0, 0.1) is 6.92 Å². The minimum atomic E-state index is 0.0699. The Morgan fingerprint density at radius 3 is 2.71 bits per heavy atom. The Kier molecular flexibility index (Phi) is 4.71. The Bertz CT molecular complexity index is 441. The number of imidazole rings is 1. The van der Waals surface area contributed by atoms with Gasteiger partial charge in [-0.3, -0.25) is 4.68 Å². The minimum Gasteiger partial charge on any atom is -0.394 e. The smallest absolute Gasteiger partial charge is 0.145 e. The zero-order valence-electron chi connectivity index (χ0n) is 10.4. The second-order valence-electron chi connectivity index (χ2n) is 3.31. The number of hydrogen-bond donors (Lipinski definition) is 3. The summed E-state index contributed by atoms with van der Waals surface area (Å²) in [6.07, 6.45) is 3.50. The van der Waals surface area contributed by atoms with Gasteiger partial charge < -0.3 is 15.8 Å². The van der Waals surface area contributed by atoms with Crippen molar-refractivity contribution in [2.75, 3.05) is 12.3 Å². The first kappa shape index (κ1) is 13.2. The Balaban J connectivity index is 0.000000686. The van der Waals surface area contributed by atoms with E-state index in [1.165, 1.54) is 0 Å². The van der Waals surface area contributed by atoms with Crippen molar-refractivity contribution >= 4 is 5.82 Å². The predicted molar refractivity (Wildman–Crippen MR) is 67.4 cm³/mol. The Morgan fingerprint density at radius 1 is 1.47 bits per heavy atom. The number of nitrogens with zero attached hydrogens (tertiary/aromatic N) is 3. The van der Waals surface area contributed by atoms with Crippen LogP contribution in [-0.2, 0) is 6.54 Å². The van der Waals surface area contributed by atoms with Crippen LogP contribution in [0.4, 0.5) is 5.82 Å². The van der Waals surface area contributed by atoms with Crippen molar-refractivity contribution in [3.05, 3.63) is 18.1 Å². The van der Waals surface area contributed by atoms with Crippen LogP contribution in [0.5, 0.6) is 0 Å². The number of aryl methyl sites for hydroxylation is 1. The van der Waals surface area contributed by atoms with Gasteiger partial charge in [0.1, 0.15) is 11.6 Å². The van der Waals surface area contributed by atoms with Gasteiger partial charge in [0.15, 0.2) is 0 Å². The number of aromatic nitrogens is 4. The number of nitrogen functional groups attached to an aromatic ring is 1. The van der Waals surface area contributed by atoms with Crippen LogP contribution >= 0.6 is 0 Å². The number of nitrogens with two attached hydrogens (primary N) is 1. The van der Waals surface area contributed by atoms with E-state index in [1.807, 2.05) is 27.0 Å². The molecule has 0 amide bonds. The molecule has 0 saturated heterocycles. The molecule has 2 aromatic rings. The van der Waals surface area contributed by atoms with Gasteiger partial charge in [-0.15, -0.1) is 0 Å². The van der Waals surface area contributed by atoms with Crippen LogP contribution < -0.4 is 5.73 Å². The molecule has 0 bridgehead atoms. The molecule has 0 aliphatic carbocycles. The summed E-state index contributed by atoms with van der Waals surface area (Å²) in [6.45, 7) is 6.42. The van der Waals surface area contributed by atoms with Gasteiger partial charge in [0.25, 0.3) is 0 Å². The van der Waals surface area contributed by atoms with Crippen LogP contribution in [0.2, 0.25) is 0 Å². The van der Waals surface area contributed by atoms with E-state index >= 15 is 0 Å². The number of aliphatic hydroxyl groups is 1. The summed E-state index contributed by atoms with van der Waals surface area (Å²) >= 11 is 0. The van der Waals surface area contributed by atoms with E-state index in [0.717, 1.165) is 11.3 Å². The van der Waals surface area contributed by atoms with Crippen LogP contribution in [0.1, 0.15) is 19.5 Å². The molecule has 0 aliphatic rings. The first-order valence-corrected chi connectivity index (χ1v) is 5.66. The van der Waals surface area contributed by atoms with Crippen LogP contribution in [0.25, 0.3) is 11.4 Å². The lowest BCUT2D eigenvalue weighted by Crippen LogP contribution is -2.01. The highest BCUT2D eigenvalue weighted by Crippen LogP contribution is 2.17. The number of aliphatic hydroxyl groups excluding tert-OH is 1. The fourth-order valence-corrected chi connectivity index (χ4v) is 1.32. The average molecular weight is 237 g/mol. The molecule has 0 radical (unpaired) electrons. The average Bonchev–Trinajstić information content (AvgIpc) is 2.91. The molecule has 94 valence electrons. The first-order chi connectivity index (χ1) is 8.20. The normalized spacial score (nSPS) is 9.88. The van der Waals surface area contributed by atoms with E-state index < -0.39 is 0 Å². The zero-order chi connectivity index (χ0) is 12.8. The van der Waals surface area contributed by atoms with Gasteiger partial charge in [0.05, 0.1) is 30.6 Å². The molecular weight excluding hydrogens is 218 g/mol. The lowest BCUT2D eigenvalue weighted by Gasteiger charge is -1.93. The van der Waals surface area contributed by atoms with Crippen molar-refractivity contribution in [1.29, 1.82) is 0 Å². The maximum Gasteiger partial charge on any atom is 0.145 e. The molecule has 2 heterocycles. The third-order valence-corrected chi connectivity index (χ3v) is 2.16. The molecule has 0 fully saturated rings. The summed E-state index contributed by atoms with van der Waals surface area (Å²) in [5, 5.41) is 12.8. The van der Waals surface area contributed by atoms with Crippen molar-refractivity contribution < 1.29 is 5.11 Å². The Labute approximate surface area is 100 Å². The third-order valence-electron chi connectivity index (χ3n) is 2.16. The zero-order valence-corrected chi connectivity index (χ0v) is 10.4. The highest BCUT2D eigenvalue weighted by atomic mass is 16.3. The van der Waals surface area contributed by atoms with Crippen molar-refractivity contribution in [2.24, 2.45) is 0 Å². The van der Waals surface area contributed by atoms with Crippen molar-refractivity contribution in [3.63, 3.8) is 0 Å². The number of H-pyrrole nitrogens is 1. The molecule has 0 aliphatic heterocycles. The summed E-state index contributed by atoms with van der Waals surface area (Å²) in [4.78, 5) is 7.22. The molecule has 0 aromatic carbocycles. The van der Waals surface area contributed by atoms with E-state index in [-0.39, 0.29) is 6.61 Å². The monoisotopic (exact) mass is 237 g/mol. The molecule has 0 unspecified atom stereocenters. The van der Waals surface area contributed by atoms with Gasteiger partial charge >= 0.3 is 0 Å². The van der Waals surface area contributed by atoms with E-state index in [4.69, 9.17) is 10.8 Å². The van der Waals surface area contributed by atoms with Crippen LogP contribution in [-0.4, -0.2) is 31.5 Å². The summed E-state index contributed by atoms with van der Waals surface area (Å²) in [6, 6.07) is 0. The van der Waals surface area contributed by atoms with Crippen LogP contribution in [0.3, 0.4) is 0 Å². The largest absolute Gasteiger partial charge is 0.394 e. The molecule has 2 rings (SSSR count). The number of anilines is 1. The lowest BCUT2D eigenvalue weighted by molar-refractivity contribution is 0.269. The quantitative estimate of drug-likeness (QED) is 0.747. The number of nitrogens with one attached hydrogen (secondary N) is 1. The Hall–Kier alpha value is -1.82. The number of rotatable bonds is 3. The predicted octanol–water partition coefficient (Wildman–Crippen LogP) is 1.18. The van der Waals surface area contributed by atoms with Gasteiger partial charge in [-0.25, -0.2) is 4.98 Å². The van der Waals surface area contributed by atoms with Crippen LogP contribution in [0.15, 0.2) is 12.4 Å². The SMILES string of the molecule is CC.Cc1[nH]c(-c2cnn(CCO)c2)nc1N. The molecule has 0 atom stereocenters. The summed E-state index contributed by atoms with van der Waals surface area (Å²) < 4.78 is 1.66.